The molecule has 98 valence electrons. The highest BCUT2D eigenvalue weighted by molar-refractivity contribution is 7.99. The van der Waals surface area contributed by atoms with Gasteiger partial charge < -0.3 is 15.2 Å². The molecular formula is C11H19NO4S. The van der Waals surface area contributed by atoms with Gasteiger partial charge in [0.25, 0.3) is 0 Å². The number of hydrogen-bond acceptors (Lipinski definition) is 4. The van der Waals surface area contributed by atoms with Crippen LogP contribution < -0.4 is 5.32 Å². The Kier molecular flexibility index (Phi) is 6.36. The van der Waals surface area contributed by atoms with E-state index in [1.807, 2.05) is 0 Å². The van der Waals surface area contributed by atoms with Crippen molar-refractivity contribution in [3.8, 4) is 0 Å². The second kappa shape index (κ2) is 7.55. The van der Waals surface area contributed by atoms with Crippen molar-refractivity contribution in [2.24, 2.45) is 0 Å². The summed E-state index contributed by atoms with van der Waals surface area (Å²) < 4.78 is 5.55. The summed E-state index contributed by atoms with van der Waals surface area (Å²) in [5.74, 6) is -0.123. The lowest BCUT2D eigenvalue weighted by Gasteiger charge is -2.22. The third-order valence-electron chi connectivity index (χ3n) is 2.54. The van der Waals surface area contributed by atoms with Crippen LogP contribution in [0.3, 0.4) is 0 Å². The molecule has 1 amide bonds. The number of ether oxygens (including phenoxy) is 1. The van der Waals surface area contributed by atoms with Gasteiger partial charge in [0.2, 0.25) is 5.91 Å². The zero-order valence-corrected chi connectivity index (χ0v) is 10.8. The van der Waals surface area contributed by atoms with Gasteiger partial charge >= 0.3 is 5.97 Å². The van der Waals surface area contributed by atoms with Crippen LogP contribution in [0.4, 0.5) is 0 Å². The highest BCUT2D eigenvalue weighted by Gasteiger charge is 2.20. The lowest BCUT2D eigenvalue weighted by atomic mass is 10.1. The minimum absolute atomic E-state index is 0.237. The van der Waals surface area contributed by atoms with Gasteiger partial charge in [-0.25, -0.2) is 4.79 Å². The van der Waals surface area contributed by atoms with E-state index in [-0.39, 0.29) is 12.0 Å². The Bertz CT molecular complexity index is 266. The van der Waals surface area contributed by atoms with Crippen LogP contribution in [0.2, 0.25) is 0 Å². The molecule has 0 radical (unpaired) electrons. The average molecular weight is 261 g/mol. The summed E-state index contributed by atoms with van der Waals surface area (Å²) in [5.41, 5.74) is 0. The molecule has 0 bridgehead atoms. The minimum Gasteiger partial charge on any atom is -0.480 e. The molecule has 1 heterocycles. The van der Waals surface area contributed by atoms with Crippen LogP contribution in [0.15, 0.2) is 0 Å². The summed E-state index contributed by atoms with van der Waals surface area (Å²) in [6.07, 6.45) is 3.58. The highest BCUT2D eigenvalue weighted by atomic mass is 32.2. The van der Waals surface area contributed by atoms with Crippen molar-refractivity contribution >= 4 is 23.6 Å². The van der Waals surface area contributed by atoms with Gasteiger partial charge in [0, 0.05) is 25.0 Å². The topological polar surface area (TPSA) is 75.6 Å². The number of thioether (sulfide) groups is 1. The minimum atomic E-state index is -0.989. The van der Waals surface area contributed by atoms with Crippen LogP contribution in [0.25, 0.3) is 0 Å². The van der Waals surface area contributed by atoms with Crippen molar-refractivity contribution in [1.82, 2.24) is 5.32 Å². The Morgan fingerprint density at radius 3 is 2.82 bits per heavy atom. The molecular weight excluding hydrogens is 242 g/mol. The monoisotopic (exact) mass is 261 g/mol. The quantitative estimate of drug-likeness (QED) is 0.742. The van der Waals surface area contributed by atoms with Crippen molar-refractivity contribution < 1.29 is 19.4 Å². The first kappa shape index (κ1) is 14.3. The molecule has 2 atom stereocenters. The van der Waals surface area contributed by atoms with Crippen molar-refractivity contribution in [2.75, 3.05) is 18.1 Å². The number of carbonyl (C=O) groups excluding carboxylic acids is 1. The molecule has 0 aromatic rings. The van der Waals surface area contributed by atoms with Gasteiger partial charge in [-0.3, -0.25) is 4.79 Å². The number of nitrogens with one attached hydrogen (secondary N) is 1. The van der Waals surface area contributed by atoms with E-state index in [1.165, 1.54) is 25.1 Å². The molecule has 0 saturated carbocycles. The molecule has 0 aliphatic carbocycles. The van der Waals surface area contributed by atoms with E-state index in [0.29, 0.717) is 5.75 Å². The van der Waals surface area contributed by atoms with Crippen LogP contribution in [0, 0.1) is 0 Å². The summed E-state index contributed by atoms with van der Waals surface area (Å²) in [6.45, 7) is 2.13. The fourth-order valence-electron chi connectivity index (χ4n) is 1.68. The normalized spacial score (nSPS) is 21.8. The number of carbonyl (C=O) groups is 2. The number of hydrogen-bond donors (Lipinski definition) is 2. The van der Waals surface area contributed by atoms with Gasteiger partial charge in [-0.2, -0.15) is 11.8 Å². The summed E-state index contributed by atoms with van der Waals surface area (Å²) in [6, 6.07) is -0.805. The van der Waals surface area contributed by atoms with E-state index >= 15 is 0 Å². The molecule has 1 rings (SSSR count). The molecule has 0 aromatic heterocycles. The van der Waals surface area contributed by atoms with E-state index in [9.17, 15) is 9.59 Å². The van der Waals surface area contributed by atoms with Crippen LogP contribution in [-0.2, 0) is 14.3 Å². The third kappa shape index (κ3) is 5.93. The van der Waals surface area contributed by atoms with E-state index in [1.54, 1.807) is 0 Å². The van der Waals surface area contributed by atoms with Crippen LogP contribution in [0.5, 0.6) is 0 Å². The Morgan fingerprint density at radius 1 is 1.53 bits per heavy atom. The molecule has 6 heteroatoms. The van der Waals surface area contributed by atoms with Crippen molar-refractivity contribution in [3.05, 3.63) is 0 Å². The standard InChI is InChI=1S/C11H19NO4S/c1-8(13)12-10(11(14)15)7-17-6-9-4-2-3-5-16-9/h9-10H,2-7H2,1H3,(H,12,13)(H,14,15)/t9?,10-/m0/s1. The molecule has 1 saturated heterocycles. The van der Waals surface area contributed by atoms with Crippen molar-refractivity contribution in [3.63, 3.8) is 0 Å². The van der Waals surface area contributed by atoms with Gasteiger partial charge in [-0.1, -0.05) is 0 Å². The fraction of sp³-hybridized carbons (Fsp3) is 0.818. The van der Waals surface area contributed by atoms with Gasteiger partial charge in [0.1, 0.15) is 6.04 Å². The van der Waals surface area contributed by atoms with Crippen LogP contribution in [0.1, 0.15) is 26.2 Å². The predicted molar refractivity (Wildman–Crippen MR) is 66.2 cm³/mol. The lowest BCUT2D eigenvalue weighted by molar-refractivity contribution is -0.140. The Hall–Kier alpha value is -0.750. The van der Waals surface area contributed by atoms with E-state index < -0.39 is 12.0 Å². The number of amides is 1. The number of carboxylic acid groups (broad SMARTS) is 1. The molecule has 1 fully saturated rings. The van der Waals surface area contributed by atoms with Gasteiger partial charge in [-0.15, -0.1) is 0 Å². The summed E-state index contributed by atoms with van der Waals surface area (Å²) in [4.78, 5) is 21.7. The molecule has 2 N–H and O–H groups in total. The zero-order chi connectivity index (χ0) is 12.7. The lowest BCUT2D eigenvalue weighted by Crippen LogP contribution is -2.41. The van der Waals surface area contributed by atoms with Crippen molar-refractivity contribution in [1.29, 1.82) is 0 Å². The van der Waals surface area contributed by atoms with E-state index in [0.717, 1.165) is 25.2 Å². The van der Waals surface area contributed by atoms with E-state index in [4.69, 9.17) is 9.84 Å². The summed E-state index contributed by atoms with van der Waals surface area (Å²) in [7, 11) is 0. The Morgan fingerprint density at radius 2 is 2.29 bits per heavy atom. The van der Waals surface area contributed by atoms with Crippen LogP contribution in [-0.4, -0.2) is 47.2 Å². The zero-order valence-electron chi connectivity index (χ0n) is 9.98. The molecule has 1 unspecified atom stereocenters. The Labute approximate surface area is 105 Å². The first-order valence-corrected chi connectivity index (χ1v) is 6.94. The number of rotatable bonds is 6. The average Bonchev–Trinajstić information content (AvgIpc) is 2.28. The molecule has 0 spiro atoms. The molecule has 0 aromatic carbocycles. The molecule has 5 nitrogen and oxygen atoms in total. The number of carboxylic acids is 1. The van der Waals surface area contributed by atoms with Crippen molar-refractivity contribution in [2.45, 2.75) is 38.3 Å². The maximum absolute atomic E-state index is 10.9. The largest absolute Gasteiger partial charge is 0.480 e. The first-order chi connectivity index (χ1) is 8.09. The highest BCUT2D eigenvalue weighted by Crippen LogP contribution is 2.17. The van der Waals surface area contributed by atoms with Gasteiger partial charge in [0.05, 0.1) is 6.10 Å². The third-order valence-corrected chi connectivity index (χ3v) is 3.71. The first-order valence-electron chi connectivity index (χ1n) is 5.79. The van der Waals surface area contributed by atoms with E-state index in [2.05, 4.69) is 5.32 Å². The molecule has 17 heavy (non-hydrogen) atoms. The Balaban J connectivity index is 2.21. The second-order valence-corrected chi connectivity index (χ2v) is 5.19. The maximum atomic E-state index is 10.9. The molecule has 1 aliphatic rings. The SMILES string of the molecule is CC(=O)N[C@@H](CSCC1CCCCO1)C(=O)O. The number of aliphatic carboxylic acids is 1. The summed E-state index contributed by atoms with van der Waals surface area (Å²) >= 11 is 1.52. The predicted octanol–water partition coefficient (Wildman–Crippen LogP) is 0.878. The van der Waals surface area contributed by atoms with Gasteiger partial charge in [0.15, 0.2) is 0 Å². The van der Waals surface area contributed by atoms with Crippen LogP contribution >= 0.6 is 11.8 Å². The maximum Gasteiger partial charge on any atom is 0.327 e. The van der Waals surface area contributed by atoms with Gasteiger partial charge in [-0.05, 0) is 19.3 Å². The second-order valence-electron chi connectivity index (χ2n) is 4.12. The smallest absolute Gasteiger partial charge is 0.327 e. The molecule has 1 aliphatic heterocycles. The summed E-state index contributed by atoms with van der Waals surface area (Å²) in [5, 5.41) is 11.3. The fourth-order valence-corrected chi connectivity index (χ4v) is 2.80.